The molecule has 25 heavy (non-hydrogen) atoms. The predicted octanol–water partition coefficient (Wildman–Crippen LogP) is 3.69. The molecule has 3 rings (SSSR count). The molecule has 0 aliphatic rings. The average molecular weight is 337 g/mol. The van der Waals surface area contributed by atoms with Crippen LogP contribution in [0.1, 0.15) is 33.2 Å². The van der Waals surface area contributed by atoms with E-state index in [1.807, 2.05) is 32.0 Å². The quantitative estimate of drug-likeness (QED) is 0.754. The minimum absolute atomic E-state index is 0.251. The highest BCUT2D eigenvalue weighted by atomic mass is 16.5. The fourth-order valence-electron chi connectivity index (χ4n) is 2.36. The van der Waals surface area contributed by atoms with E-state index < -0.39 is 0 Å². The molecule has 3 aromatic rings. The SMILES string of the molecule is Cc1ccc(C)c(Nc2cc(C(=O)Nc3cc(C)on3)nc(C)n2)c1. The Morgan fingerprint density at radius 1 is 1.00 bits per heavy atom. The number of hydrogen-bond acceptors (Lipinski definition) is 6. The summed E-state index contributed by atoms with van der Waals surface area (Å²) in [4.78, 5) is 20.9. The molecule has 0 radical (unpaired) electrons. The second-order valence-corrected chi connectivity index (χ2v) is 5.91. The van der Waals surface area contributed by atoms with Crippen LogP contribution in [0.3, 0.4) is 0 Å². The number of aromatic nitrogens is 3. The Balaban J connectivity index is 1.84. The number of nitrogens with one attached hydrogen (secondary N) is 2. The molecule has 0 atom stereocenters. The van der Waals surface area contributed by atoms with Crippen LogP contribution in [0.4, 0.5) is 17.3 Å². The van der Waals surface area contributed by atoms with Crippen LogP contribution in [0.15, 0.2) is 34.9 Å². The lowest BCUT2D eigenvalue weighted by Crippen LogP contribution is -2.15. The molecular weight excluding hydrogens is 318 g/mol. The van der Waals surface area contributed by atoms with Gasteiger partial charge in [0.1, 0.15) is 23.1 Å². The summed E-state index contributed by atoms with van der Waals surface area (Å²) in [6.45, 7) is 7.53. The van der Waals surface area contributed by atoms with E-state index in [9.17, 15) is 4.79 Å². The van der Waals surface area contributed by atoms with Crippen molar-refractivity contribution >= 4 is 23.2 Å². The fraction of sp³-hybridized carbons (Fsp3) is 0.222. The van der Waals surface area contributed by atoms with E-state index in [4.69, 9.17) is 4.52 Å². The van der Waals surface area contributed by atoms with Gasteiger partial charge < -0.3 is 15.2 Å². The van der Waals surface area contributed by atoms with Gasteiger partial charge in [-0.3, -0.25) is 4.79 Å². The molecule has 0 spiro atoms. The Bertz CT molecular complexity index is 933. The van der Waals surface area contributed by atoms with Gasteiger partial charge in [0, 0.05) is 17.8 Å². The highest BCUT2D eigenvalue weighted by Crippen LogP contribution is 2.21. The third-order valence-corrected chi connectivity index (χ3v) is 3.60. The van der Waals surface area contributed by atoms with Crippen molar-refractivity contribution in [2.24, 2.45) is 0 Å². The second-order valence-electron chi connectivity index (χ2n) is 5.91. The molecule has 7 nitrogen and oxygen atoms in total. The zero-order valence-corrected chi connectivity index (χ0v) is 14.5. The first-order valence-electron chi connectivity index (χ1n) is 7.85. The number of benzene rings is 1. The number of rotatable bonds is 4. The molecule has 0 aliphatic carbocycles. The van der Waals surface area contributed by atoms with Gasteiger partial charge in [-0.1, -0.05) is 17.3 Å². The summed E-state index contributed by atoms with van der Waals surface area (Å²) in [7, 11) is 0. The first-order valence-corrected chi connectivity index (χ1v) is 7.85. The number of amides is 1. The normalized spacial score (nSPS) is 10.6. The molecule has 2 aromatic heterocycles. The molecule has 2 N–H and O–H groups in total. The van der Waals surface area contributed by atoms with Crippen LogP contribution in [0, 0.1) is 27.7 Å². The monoisotopic (exact) mass is 337 g/mol. The van der Waals surface area contributed by atoms with Crippen LogP contribution < -0.4 is 10.6 Å². The van der Waals surface area contributed by atoms with Gasteiger partial charge in [0.05, 0.1) is 0 Å². The molecule has 0 saturated carbocycles. The molecule has 0 saturated heterocycles. The van der Waals surface area contributed by atoms with E-state index in [0.29, 0.717) is 23.2 Å². The lowest BCUT2D eigenvalue weighted by atomic mass is 10.1. The summed E-state index contributed by atoms with van der Waals surface area (Å²) in [5.74, 6) is 1.65. The minimum atomic E-state index is -0.372. The topological polar surface area (TPSA) is 92.9 Å². The average Bonchev–Trinajstić information content (AvgIpc) is 2.95. The lowest BCUT2D eigenvalue weighted by Gasteiger charge is -2.11. The van der Waals surface area contributed by atoms with Gasteiger partial charge in [-0.05, 0) is 44.9 Å². The molecule has 7 heteroatoms. The highest BCUT2D eigenvalue weighted by molar-refractivity contribution is 6.02. The maximum absolute atomic E-state index is 12.4. The van der Waals surface area contributed by atoms with Crippen molar-refractivity contribution in [1.29, 1.82) is 0 Å². The van der Waals surface area contributed by atoms with Crippen molar-refractivity contribution < 1.29 is 9.32 Å². The molecule has 2 heterocycles. The lowest BCUT2D eigenvalue weighted by molar-refractivity contribution is 0.102. The summed E-state index contributed by atoms with van der Waals surface area (Å²) in [6.07, 6.45) is 0. The summed E-state index contributed by atoms with van der Waals surface area (Å²) >= 11 is 0. The summed E-state index contributed by atoms with van der Waals surface area (Å²) in [5, 5.41) is 9.66. The number of anilines is 3. The van der Waals surface area contributed by atoms with Gasteiger partial charge in [0.15, 0.2) is 5.82 Å². The van der Waals surface area contributed by atoms with Crippen molar-refractivity contribution in [3.05, 3.63) is 58.7 Å². The fourth-order valence-corrected chi connectivity index (χ4v) is 2.36. The molecule has 128 valence electrons. The van der Waals surface area contributed by atoms with Crippen LogP contribution in [-0.4, -0.2) is 21.0 Å². The smallest absolute Gasteiger partial charge is 0.275 e. The summed E-state index contributed by atoms with van der Waals surface area (Å²) < 4.78 is 4.94. The Hall–Kier alpha value is -3.22. The number of carbonyl (C=O) groups is 1. The second kappa shape index (κ2) is 6.72. The molecule has 0 aliphatic heterocycles. The van der Waals surface area contributed by atoms with E-state index in [2.05, 4.69) is 25.8 Å². The highest BCUT2D eigenvalue weighted by Gasteiger charge is 2.13. The van der Waals surface area contributed by atoms with E-state index in [1.165, 1.54) is 0 Å². The first-order chi connectivity index (χ1) is 11.9. The molecule has 1 aromatic carbocycles. The molecule has 0 fully saturated rings. The van der Waals surface area contributed by atoms with Gasteiger partial charge in [0.2, 0.25) is 0 Å². The van der Waals surface area contributed by atoms with E-state index >= 15 is 0 Å². The Labute approximate surface area is 145 Å². The number of aryl methyl sites for hydroxylation is 4. The van der Waals surface area contributed by atoms with Crippen molar-refractivity contribution in [3.63, 3.8) is 0 Å². The molecule has 0 unspecified atom stereocenters. The third kappa shape index (κ3) is 4.00. The standard InChI is InChI=1S/C18H19N5O2/c1-10-5-6-11(2)14(7-10)21-16-9-15(19-13(4)20-16)18(24)22-17-8-12(3)25-23-17/h5-9H,1-4H3,(H,19,20,21)(H,22,23,24). The largest absolute Gasteiger partial charge is 0.360 e. The minimum Gasteiger partial charge on any atom is -0.360 e. The van der Waals surface area contributed by atoms with Crippen LogP contribution in [0.25, 0.3) is 0 Å². The van der Waals surface area contributed by atoms with Crippen LogP contribution in [0.5, 0.6) is 0 Å². The molecular formula is C18H19N5O2. The van der Waals surface area contributed by atoms with Crippen molar-refractivity contribution in [1.82, 2.24) is 15.1 Å². The van der Waals surface area contributed by atoms with E-state index in [-0.39, 0.29) is 11.6 Å². The van der Waals surface area contributed by atoms with Crippen molar-refractivity contribution in [2.45, 2.75) is 27.7 Å². The third-order valence-electron chi connectivity index (χ3n) is 3.60. The molecule has 1 amide bonds. The maximum atomic E-state index is 12.4. The van der Waals surface area contributed by atoms with E-state index in [1.54, 1.807) is 26.0 Å². The number of carbonyl (C=O) groups excluding carboxylic acids is 1. The van der Waals surface area contributed by atoms with Crippen LogP contribution in [0.2, 0.25) is 0 Å². The van der Waals surface area contributed by atoms with Gasteiger partial charge >= 0.3 is 0 Å². The zero-order chi connectivity index (χ0) is 18.0. The van der Waals surface area contributed by atoms with Gasteiger partial charge in [-0.2, -0.15) is 0 Å². The van der Waals surface area contributed by atoms with Crippen molar-refractivity contribution in [3.8, 4) is 0 Å². The number of nitrogens with zero attached hydrogens (tertiary/aromatic N) is 3. The molecule has 0 bridgehead atoms. The van der Waals surface area contributed by atoms with Gasteiger partial charge in [0.25, 0.3) is 5.91 Å². The Morgan fingerprint density at radius 2 is 1.80 bits per heavy atom. The first kappa shape index (κ1) is 16.6. The van der Waals surface area contributed by atoms with E-state index in [0.717, 1.165) is 16.8 Å². The van der Waals surface area contributed by atoms with Crippen molar-refractivity contribution in [2.75, 3.05) is 10.6 Å². The number of hydrogen-bond donors (Lipinski definition) is 2. The Morgan fingerprint density at radius 3 is 2.52 bits per heavy atom. The van der Waals surface area contributed by atoms with Gasteiger partial charge in [-0.15, -0.1) is 0 Å². The summed E-state index contributed by atoms with van der Waals surface area (Å²) in [5.41, 5.74) is 3.42. The zero-order valence-electron chi connectivity index (χ0n) is 14.5. The predicted molar refractivity (Wildman–Crippen MR) is 95.2 cm³/mol. The van der Waals surface area contributed by atoms with Crippen LogP contribution >= 0.6 is 0 Å². The Kier molecular flexibility index (Phi) is 4.47. The maximum Gasteiger partial charge on any atom is 0.275 e. The van der Waals surface area contributed by atoms with Crippen LogP contribution in [-0.2, 0) is 0 Å². The van der Waals surface area contributed by atoms with Gasteiger partial charge in [-0.25, -0.2) is 9.97 Å². The summed E-state index contributed by atoms with van der Waals surface area (Å²) in [6, 6.07) is 9.36.